The van der Waals surface area contributed by atoms with Crippen LogP contribution in [0.4, 0.5) is 0 Å². The van der Waals surface area contributed by atoms with Crippen molar-refractivity contribution >= 4 is 27.3 Å². The van der Waals surface area contributed by atoms with Crippen molar-refractivity contribution in [3.05, 3.63) is 59.5 Å². The van der Waals surface area contributed by atoms with E-state index in [2.05, 4.69) is 17.5 Å². The van der Waals surface area contributed by atoms with Crippen molar-refractivity contribution in [2.75, 3.05) is 0 Å². The van der Waals surface area contributed by atoms with Crippen molar-refractivity contribution in [3.8, 4) is 11.1 Å². The molecule has 3 rings (SSSR count). The molecular formula is C15H11NOS. The van der Waals surface area contributed by atoms with Gasteiger partial charge in [-0.1, -0.05) is 30.3 Å². The largest absolute Gasteiger partial charge is 0.366 e. The van der Waals surface area contributed by atoms with Gasteiger partial charge < -0.3 is 5.73 Å². The topological polar surface area (TPSA) is 43.1 Å². The van der Waals surface area contributed by atoms with E-state index in [4.69, 9.17) is 5.73 Å². The Morgan fingerprint density at radius 3 is 2.56 bits per heavy atom. The molecule has 1 heterocycles. The minimum atomic E-state index is -0.391. The van der Waals surface area contributed by atoms with Crippen molar-refractivity contribution < 1.29 is 4.79 Å². The molecule has 1 amide bonds. The lowest BCUT2D eigenvalue weighted by Gasteiger charge is -2.08. The fourth-order valence-corrected chi connectivity index (χ4v) is 2.97. The first-order valence-electron chi connectivity index (χ1n) is 5.63. The molecule has 0 aliphatic rings. The number of hydrogen-bond acceptors (Lipinski definition) is 2. The van der Waals surface area contributed by atoms with Gasteiger partial charge in [-0.05, 0) is 34.7 Å². The third-order valence-electron chi connectivity index (χ3n) is 2.98. The average Bonchev–Trinajstić information content (AvgIpc) is 2.86. The van der Waals surface area contributed by atoms with E-state index in [1.165, 1.54) is 4.70 Å². The molecule has 0 spiro atoms. The molecule has 0 bridgehead atoms. The van der Waals surface area contributed by atoms with Crippen molar-refractivity contribution in [1.82, 2.24) is 0 Å². The van der Waals surface area contributed by atoms with Gasteiger partial charge in [0.15, 0.2) is 0 Å². The van der Waals surface area contributed by atoms with E-state index < -0.39 is 5.91 Å². The second kappa shape index (κ2) is 4.27. The number of fused-ring (bicyclic) bond motifs is 1. The number of thiophene rings is 1. The van der Waals surface area contributed by atoms with E-state index in [1.54, 1.807) is 17.4 Å². The molecule has 0 saturated heterocycles. The number of rotatable bonds is 2. The highest BCUT2D eigenvalue weighted by Crippen LogP contribution is 2.33. The van der Waals surface area contributed by atoms with Gasteiger partial charge in [0.1, 0.15) is 0 Å². The third kappa shape index (κ3) is 1.69. The summed E-state index contributed by atoms with van der Waals surface area (Å²) in [7, 11) is 0. The maximum atomic E-state index is 11.5. The van der Waals surface area contributed by atoms with Crippen LogP contribution in [0, 0.1) is 0 Å². The fourth-order valence-electron chi connectivity index (χ4n) is 2.16. The zero-order valence-corrected chi connectivity index (χ0v) is 10.4. The number of amides is 1. The minimum absolute atomic E-state index is 0.391. The lowest BCUT2D eigenvalue weighted by atomic mass is 9.97. The summed E-state index contributed by atoms with van der Waals surface area (Å²) in [6.45, 7) is 0. The standard InChI is InChI=1S/C15H11NOS/c16-15(17)13-5-2-1-4-11(13)10-6-3-7-14-12(10)8-9-18-14/h1-9H,(H2,16,17). The molecular weight excluding hydrogens is 242 g/mol. The smallest absolute Gasteiger partial charge is 0.249 e. The lowest BCUT2D eigenvalue weighted by molar-refractivity contribution is 0.100. The lowest BCUT2D eigenvalue weighted by Crippen LogP contribution is -2.12. The van der Waals surface area contributed by atoms with Gasteiger partial charge in [-0.15, -0.1) is 11.3 Å². The van der Waals surface area contributed by atoms with E-state index in [1.807, 2.05) is 30.3 Å². The molecule has 1 aromatic heterocycles. The number of carbonyl (C=O) groups excluding carboxylic acids is 1. The summed E-state index contributed by atoms with van der Waals surface area (Å²) in [5, 5.41) is 3.22. The molecule has 3 heteroatoms. The normalized spacial score (nSPS) is 10.7. The molecule has 0 aliphatic heterocycles. The van der Waals surface area contributed by atoms with Gasteiger partial charge >= 0.3 is 0 Å². The zero-order chi connectivity index (χ0) is 12.5. The number of benzene rings is 2. The van der Waals surface area contributed by atoms with Gasteiger partial charge in [-0.3, -0.25) is 4.79 Å². The number of hydrogen-bond donors (Lipinski definition) is 1. The van der Waals surface area contributed by atoms with E-state index in [9.17, 15) is 4.79 Å². The Balaban J connectivity index is 2.33. The highest BCUT2D eigenvalue weighted by Gasteiger charge is 2.11. The zero-order valence-electron chi connectivity index (χ0n) is 9.59. The third-order valence-corrected chi connectivity index (χ3v) is 3.86. The molecule has 0 radical (unpaired) electrons. The highest BCUT2D eigenvalue weighted by molar-refractivity contribution is 7.17. The van der Waals surface area contributed by atoms with Crippen LogP contribution in [0.3, 0.4) is 0 Å². The predicted molar refractivity (Wildman–Crippen MR) is 75.8 cm³/mol. The van der Waals surface area contributed by atoms with Crippen molar-refractivity contribution in [2.24, 2.45) is 5.73 Å². The molecule has 2 aromatic carbocycles. The monoisotopic (exact) mass is 253 g/mol. The number of primary amides is 1. The minimum Gasteiger partial charge on any atom is -0.366 e. The number of nitrogens with two attached hydrogens (primary N) is 1. The summed E-state index contributed by atoms with van der Waals surface area (Å²) in [5.41, 5.74) is 7.96. The molecule has 0 saturated carbocycles. The molecule has 0 fully saturated rings. The van der Waals surface area contributed by atoms with Gasteiger partial charge in [0.25, 0.3) is 0 Å². The van der Waals surface area contributed by atoms with Gasteiger partial charge in [-0.25, -0.2) is 0 Å². The van der Waals surface area contributed by atoms with Gasteiger partial charge in [-0.2, -0.15) is 0 Å². The van der Waals surface area contributed by atoms with Crippen LogP contribution in [0.5, 0.6) is 0 Å². The second-order valence-electron chi connectivity index (χ2n) is 4.05. The average molecular weight is 253 g/mol. The van der Waals surface area contributed by atoms with Crippen molar-refractivity contribution in [1.29, 1.82) is 0 Å². The molecule has 0 aliphatic carbocycles. The Morgan fingerprint density at radius 2 is 1.72 bits per heavy atom. The number of carbonyl (C=O) groups is 1. The maximum absolute atomic E-state index is 11.5. The quantitative estimate of drug-likeness (QED) is 0.744. The molecule has 0 atom stereocenters. The van der Waals surface area contributed by atoms with Crippen LogP contribution in [0.15, 0.2) is 53.9 Å². The van der Waals surface area contributed by atoms with E-state index in [-0.39, 0.29) is 0 Å². The van der Waals surface area contributed by atoms with Gasteiger partial charge in [0.2, 0.25) is 5.91 Å². The summed E-state index contributed by atoms with van der Waals surface area (Å²) in [5.74, 6) is -0.391. The molecule has 0 unspecified atom stereocenters. The van der Waals surface area contributed by atoms with Crippen LogP contribution in [0.2, 0.25) is 0 Å². The highest BCUT2D eigenvalue weighted by atomic mass is 32.1. The maximum Gasteiger partial charge on any atom is 0.249 e. The molecule has 88 valence electrons. The predicted octanol–water partition coefficient (Wildman–Crippen LogP) is 3.67. The molecule has 3 aromatic rings. The first kappa shape index (κ1) is 11.0. The summed E-state index contributed by atoms with van der Waals surface area (Å²) in [6.07, 6.45) is 0. The van der Waals surface area contributed by atoms with Crippen LogP contribution in [0.1, 0.15) is 10.4 Å². The first-order chi connectivity index (χ1) is 8.77. The second-order valence-corrected chi connectivity index (χ2v) is 5.00. The van der Waals surface area contributed by atoms with Crippen molar-refractivity contribution in [3.63, 3.8) is 0 Å². The summed E-state index contributed by atoms with van der Waals surface area (Å²) in [6, 6.07) is 15.6. The Kier molecular flexibility index (Phi) is 2.61. The summed E-state index contributed by atoms with van der Waals surface area (Å²) in [4.78, 5) is 11.5. The van der Waals surface area contributed by atoms with Crippen LogP contribution in [-0.4, -0.2) is 5.91 Å². The molecule has 2 N–H and O–H groups in total. The Morgan fingerprint density at radius 1 is 0.944 bits per heavy atom. The fraction of sp³-hybridized carbons (Fsp3) is 0. The van der Waals surface area contributed by atoms with Crippen LogP contribution < -0.4 is 5.73 Å². The SMILES string of the molecule is NC(=O)c1ccccc1-c1cccc2sccc12. The first-order valence-corrected chi connectivity index (χ1v) is 6.51. The Hall–Kier alpha value is -2.13. The molecule has 2 nitrogen and oxygen atoms in total. The Bertz CT molecular complexity index is 730. The van der Waals surface area contributed by atoms with E-state index in [0.29, 0.717) is 5.56 Å². The van der Waals surface area contributed by atoms with Crippen LogP contribution in [-0.2, 0) is 0 Å². The van der Waals surface area contributed by atoms with Crippen LogP contribution in [0.25, 0.3) is 21.2 Å². The van der Waals surface area contributed by atoms with Crippen LogP contribution >= 0.6 is 11.3 Å². The van der Waals surface area contributed by atoms with E-state index >= 15 is 0 Å². The Labute approximate surface area is 109 Å². The summed E-state index contributed by atoms with van der Waals surface area (Å²) >= 11 is 1.69. The van der Waals surface area contributed by atoms with Gasteiger partial charge in [0, 0.05) is 15.6 Å². The summed E-state index contributed by atoms with van der Waals surface area (Å²) < 4.78 is 1.21. The van der Waals surface area contributed by atoms with E-state index in [0.717, 1.165) is 16.5 Å². The van der Waals surface area contributed by atoms with Gasteiger partial charge in [0.05, 0.1) is 0 Å². The molecule has 18 heavy (non-hydrogen) atoms. The van der Waals surface area contributed by atoms with Crippen molar-refractivity contribution in [2.45, 2.75) is 0 Å².